The van der Waals surface area contributed by atoms with Crippen LogP contribution in [0.4, 0.5) is 0 Å². The van der Waals surface area contributed by atoms with Crippen molar-refractivity contribution >= 4 is 12.3 Å². The maximum atomic E-state index is 13.2. The summed E-state index contributed by atoms with van der Waals surface area (Å²) in [7, 11) is 0. The first-order valence-corrected chi connectivity index (χ1v) is 17.9. The Morgan fingerprint density at radius 2 is 1.69 bits per heavy atom. The molecule has 0 bridgehead atoms. The highest BCUT2D eigenvalue weighted by Gasteiger charge is 2.71. The minimum atomic E-state index is -1.62. The molecule has 0 spiro atoms. The van der Waals surface area contributed by atoms with Gasteiger partial charge in [-0.2, -0.15) is 0 Å². The number of rotatable bonds is 7. The lowest BCUT2D eigenvalue weighted by molar-refractivity contribution is -0.345. The SMILES string of the molecule is CC1OC(OC2CCC3(C=O)[C@H]4CCC5(C)C(C6=CC(=O)OC6)CCC5(O)[C@@H]4CCC3(O)C2)CC(O)C1OC1OC(CO)C(O)C(O)C1O. The standard InChI is InChI=1S/C35H52O14/c1-17-30(49-31-29(42)28(41)27(40)24(14-36)48-31)23(38)12-26(46-17)47-19-3-8-33(16-37)21-4-7-32(2)20(18-11-25(39)45-15-18)6-10-35(32,44)22(21)5-9-34(33,43)13-19/h11,16-17,19-24,26-31,36,38,40-44H,3-10,12-15H2,1-2H3/t17?,19?,20?,21-,22+,23?,24?,26?,27?,28?,29?,30?,31?,32?,33?,34?,35?/m0/s1. The highest BCUT2D eigenvalue weighted by Crippen LogP contribution is 2.70. The summed E-state index contributed by atoms with van der Waals surface area (Å²) in [5.41, 5.74) is -2.94. The van der Waals surface area contributed by atoms with E-state index in [9.17, 15) is 45.3 Å². The Bertz CT molecular complexity index is 1300. The van der Waals surface area contributed by atoms with Crippen molar-refractivity contribution in [3.8, 4) is 0 Å². The van der Waals surface area contributed by atoms with E-state index in [2.05, 4.69) is 6.92 Å². The first-order chi connectivity index (χ1) is 23.2. The van der Waals surface area contributed by atoms with Crippen molar-refractivity contribution in [1.82, 2.24) is 0 Å². The van der Waals surface area contributed by atoms with E-state index >= 15 is 0 Å². The summed E-state index contributed by atoms with van der Waals surface area (Å²) in [6.45, 7) is 3.42. The van der Waals surface area contributed by atoms with Gasteiger partial charge in [-0.25, -0.2) is 4.79 Å². The molecule has 49 heavy (non-hydrogen) atoms. The van der Waals surface area contributed by atoms with Gasteiger partial charge < -0.3 is 64.2 Å². The van der Waals surface area contributed by atoms with Crippen molar-refractivity contribution in [3.63, 3.8) is 0 Å². The number of hydrogen-bond acceptors (Lipinski definition) is 14. The number of fused-ring (bicyclic) bond motifs is 5. The van der Waals surface area contributed by atoms with Crippen LogP contribution in [0.25, 0.3) is 0 Å². The highest BCUT2D eigenvalue weighted by molar-refractivity contribution is 5.85. The molecule has 3 heterocycles. The number of ether oxygens (including phenoxy) is 5. The van der Waals surface area contributed by atoms with Crippen molar-refractivity contribution in [2.75, 3.05) is 13.2 Å². The maximum absolute atomic E-state index is 13.2. The predicted octanol–water partition coefficient (Wildman–Crippen LogP) is -0.397. The molecular weight excluding hydrogens is 644 g/mol. The normalized spacial score (nSPS) is 54.3. The molecule has 6 fully saturated rings. The van der Waals surface area contributed by atoms with Crippen molar-refractivity contribution in [1.29, 1.82) is 0 Å². The molecule has 7 aliphatic rings. The number of esters is 1. The summed E-state index contributed by atoms with van der Waals surface area (Å²) in [5, 5.41) is 75.9. The van der Waals surface area contributed by atoms with Crippen LogP contribution in [0, 0.1) is 28.6 Å². The molecule has 0 aromatic heterocycles. The summed E-state index contributed by atoms with van der Waals surface area (Å²) in [5.74, 6) is -0.688. The number of carbonyl (C=O) groups is 2. The zero-order valence-corrected chi connectivity index (χ0v) is 28.1. The van der Waals surface area contributed by atoms with Crippen LogP contribution in [0.3, 0.4) is 0 Å². The second-order valence-corrected chi connectivity index (χ2v) is 16.1. The second kappa shape index (κ2) is 12.8. The summed E-state index contributed by atoms with van der Waals surface area (Å²) in [6, 6.07) is 0. The van der Waals surface area contributed by atoms with E-state index in [-0.39, 0.29) is 43.2 Å². The van der Waals surface area contributed by atoms with Crippen molar-refractivity contribution in [3.05, 3.63) is 11.6 Å². The van der Waals surface area contributed by atoms with Gasteiger partial charge in [-0.3, -0.25) is 0 Å². The van der Waals surface area contributed by atoms with Gasteiger partial charge in [0, 0.05) is 24.3 Å². The maximum Gasteiger partial charge on any atom is 0.331 e. The van der Waals surface area contributed by atoms with Gasteiger partial charge in [0.2, 0.25) is 0 Å². The van der Waals surface area contributed by atoms with Gasteiger partial charge >= 0.3 is 5.97 Å². The van der Waals surface area contributed by atoms with E-state index in [1.54, 1.807) is 13.0 Å². The van der Waals surface area contributed by atoms with Crippen LogP contribution >= 0.6 is 0 Å². The number of cyclic esters (lactones) is 1. The molecule has 14 nitrogen and oxygen atoms in total. The summed E-state index contributed by atoms with van der Waals surface area (Å²) in [4.78, 5) is 25.0. The Morgan fingerprint density at radius 1 is 0.939 bits per heavy atom. The number of aliphatic hydroxyl groups excluding tert-OH is 5. The van der Waals surface area contributed by atoms with Crippen LogP contribution in [-0.2, 0) is 33.3 Å². The Morgan fingerprint density at radius 3 is 2.37 bits per heavy atom. The van der Waals surface area contributed by atoms with Crippen LogP contribution in [-0.4, -0.2) is 134 Å². The van der Waals surface area contributed by atoms with Gasteiger partial charge in [0.1, 0.15) is 43.4 Å². The van der Waals surface area contributed by atoms with Crippen molar-refractivity contribution in [2.24, 2.45) is 28.6 Å². The fourth-order valence-electron chi connectivity index (χ4n) is 11.3. The van der Waals surface area contributed by atoms with Crippen LogP contribution in [0.1, 0.15) is 78.1 Å². The van der Waals surface area contributed by atoms with Gasteiger partial charge in [-0.15, -0.1) is 0 Å². The summed E-state index contributed by atoms with van der Waals surface area (Å²) in [6.07, 6.45) is -4.38. The molecule has 0 radical (unpaired) electrons. The smallest absolute Gasteiger partial charge is 0.331 e. The molecule has 0 aromatic carbocycles. The van der Waals surface area contributed by atoms with E-state index in [0.29, 0.717) is 44.9 Å². The Kier molecular flexibility index (Phi) is 9.38. The lowest BCUT2D eigenvalue weighted by Crippen LogP contribution is -2.69. The Hall–Kier alpha value is -1.56. The van der Waals surface area contributed by atoms with Crippen LogP contribution in [0.5, 0.6) is 0 Å². The van der Waals surface area contributed by atoms with Crippen LogP contribution in [0.15, 0.2) is 11.6 Å². The number of aliphatic hydroxyl groups is 7. The summed E-state index contributed by atoms with van der Waals surface area (Å²) >= 11 is 0. The molecule has 14 heteroatoms. The number of hydrogen-bond donors (Lipinski definition) is 7. The average molecular weight is 697 g/mol. The summed E-state index contributed by atoms with van der Waals surface area (Å²) < 4.78 is 28.9. The third-order valence-corrected chi connectivity index (χ3v) is 14.0. The quantitative estimate of drug-likeness (QED) is 0.102. The molecule has 7 N–H and O–H groups in total. The molecule has 4 saturated carbocycles. The second-order valence-electron chi connectivity index (χ2n) is 16.1. The lowest BCUT2D eigenvalue weighted by Gasteiger charge is -2.65. The first-order valence-electron chi connectivity index (χ1n) is 17.9. The van der Waals surface area contributed by atoms with Gasteiger partial charge in [0.05, 0.1) is 41.5 Å². The topological polar surface area (TPSA) is 222 Å². The monoisotopic (exact) mass is 696 g/mol. The third kappa shape index (κ3) is 5.47. The van der Waals surface area contributed by atoms with Crippen molar-refractivity contribution in [2.45, 2.75) is 151 Å². The molecule has 2 saturated heterocycles. The zero-order chi connectivity index (χ0) is 35.1. The molecule has 0 aromatic rings. The van der Waals surface area contributed by atoms with E-state index in [1.165, 1.54) is 0 Å². The van der Waals surface area contributed by atoms with Crippen LogP contribution in [0.2, 0.25) is 0 Å². The fraction of sp³-hybridized carbons (Fsp3) is 0.886. The first kappa shape index (κ1) is 35.8. The Labute approximate surface area is 285 Å². The molecule has 17 atom stereocenters. The third-order valence-electron chi connectivity index (χ3n) is 14.0. The van der Waals surface area contributed by atoms with Gasteiger partial charge in [0.25, 0.3) is 0 Å². The lowest BCUT2D eigenvalue weighted by atomic mass is 9.41. The molecule has 7 rings (SSSR count). The molecular formula is C35H52O14. The molecule has 0 amide bonds. The number of aldehydes is 1. The zero-order valence-electron chi connectivity index (χ0n) is 28.1. The molecule has 3 aliphatic heterocycles. The largest absolute Gasteiger partial charge is 0.458 e. The van der Waals surface area contributed by atoms with Gasteiger partial charge in [-0.1, -0.05) is 6.92 Å². The van der Waals surface area contributed by atoms with Crippen LogP contribution < -0.4 is 0 Å². The molecule has 276 valence electrons. The fourth-order valence-corrected chi connectivity index (χ4v) is 11.3. The minimum Gasteiger partial charge on any atom is -0.458 e. The van der Waals surface area contributed by atoms with E-state index in [1.807, 2.05) is 0 Å². The van der Waals surface area contributed by atoms with E-state index in [4.69, 9.17) is 23.7 Å². The molecule has 15 unspecified atom stereocenters. The predicted molar refractivity (Wildman–Crippen MR) is 166 cm³/mol. The van der Waals surface area contributed by atoms with E-state index in [0.717, 1.165) is 18.3 Å². The number of carbonyl (C=O) groups excluding carboxylic acids is 2. The Balaban J connectivity index is 1.00. The van der Waals surface area contributed by atoms with Gasteiger partial charge in [0.15, 0.2) is 12.6 Å². The van der Waals surface area contributed by atoms with Crippen molar-refractivity contribution < 1.29 is 69.0 Å². The molecule has 4 aliphatic carbocycles. The van der Waals surface area contributed by atoms with E-state index < -0.39 is 90.1 Å². The average Bonchev–Trinajstić information content (AvgIpc) is 3.61. The van der Waals surface area contributed by atoms with Gasteiger partial charge in [-0.05, 0) is 81.6 Å². The highest BCUT2D eigenvalue weighted by atomic mass is 16.7. The minimum absolute atomic E-state index is 0.00470.